The predicted molar refractivity (Wildman–Crippen MR) is 66.4 cm³/mol. The first kappa shape index (κ1) is 16.1. The second-order valence-corrected chi connectivity index (χ2v) is 5.91. The maximum absolute atomic E-state index is 5.66. The Bertz CT molecular complexity index is 138. The number of ether oxygens (including phenoxy) is 1. The molecule has 5 heteroatoms. The molecular formula is C11H26O4Si. The van der Waals surface area contributed by atoms with Gasteiger partial charge in [-0.1, -0.05) is 13.3 Å². The molecule has 0 heterocycles. The molecule has 0 aliphatic rings. The van der Waals surface area contributed by atoms with Crippen molar-refractivity contribution in [3.8, 4) is 0 Å². The molecule has 0 atom stereocenters. The summed E-state index contributed by atoms with van der Waals surface area (Å²) in [6.07, 6.45) is 2.66. The Morgan fingerprint density at radius 2 is 1.31 bits per heavy atom. The van der Waals surface area contributed by atoms with Gasteiger partial charge in [-0.2, -0.15) is 0 Å². The fourth-order valence-electron chi connectivity index (χ4n) is 1.35. The maximum Gasteiger partial charge on any atom is 0.528 e. The zero-order chi connectivity index (χ0) is 12.3. The Hall–Kier alpha value is 0.0569. The van der Waals surface area contributed by atoms with Gasteiger partial charge in [0.2, 0.25) is 0 Å². The van der Waals surface area contributed by atoms with E-state index < -0.39 is 8.80 Å². The molecular weight excluding hydrogens is 224 g/mol. The van der Waals surface area contributed by atoms with Crippen LogP contribution in [-0.2, 0) is 18.0 Å². The van der Waals surface area contributed by atoms with Gasteiger partial charge in [0.1, 0.15) is 6.23 Å². The highest BCUT2D eigenvalue weighted by Gasteiger charge is 2.41. The third kappa shape index (κ3) is 6.60. The van der Waals surface area contributed by atoms with Crippen LogP contribution in [0.4, 0.5) is 0 Å². The first-order valence-electron chi connectivity index (χ1n) is 6.24. The SMILES string of the molecule is CCCCOC[Si](OCC)(OCC)OCC. The first-order chi connectivity index (χ1) is 7.74. The summed E-state index contributed by atoms with van der Waals surface area (Å²) in [4.78, 5) is 0. The lowest BCUT2D eigenvalue weighted by Crippen LogP contribution is -2.51. The van der Waals surface area contributed by atoms with Crippen LogP contribution in [0.25, 0.3) is 0 Å². The van der Waals surface area contributed by atoms with E-state index in [1.54, 1.807) is 0 Å². The van der Waals surface area contributed by atoms with Gasteiger partial charge >= 0.3 is 8.80 Å². The molecule has 0 saturated carbocycles. The smallest absolute Gasteiger partial charge is 0.377 e. The molecule has 0 rings (SSSR count). The third-order valence-electron chi connectivity index (χ3n) is 2.01. The van der Waals surface area contributed by atoms with Crippen LogP contribution in [0, 0.1) is 0 Å². The van der Waals surface area contributed by atoms with E-state index >= 15 is 0 Å². The summed E-state index contributed by atoms with van der Waals surface area (Å²) in [5.74, 6) is 0. The van der Waals surface area contributed by atoms with Gasteiger partial charge in [0, 0.05) is 26.4 Å². The Morgan fingerprint density at radius 3 is 1.69 bits per heavy atom. The van der Waals surface area contributed by atoms with Gasteiger partial charge in [-0.25, -0.2) is 0 Å². The van der Waals surface area contributed by atoms with Crippen molar-refractivity contribution in [1.29, 1.82) is 0 Å². The Labute approximate surface area is 101 Å². The number of unbranched alkanes of at least 4 members (excludes halogenated alkanes) is 1. The van der Waals surface area contributed by atoms with Gasteiger partial charge in [0.15, 0.2) is 0 Å². The Kier molecular flexibility index (Phi) is 10.3. The van der Waals surface area contributed by atoms with Gasteiger partial charge in [-0.05, 0) is 27.2 Å². The summed E-state index contributed by atoms with van der Waals surface area (Å²) >= 11 is 0. The lowest BCUT2D eigenvalue weighted by Gasteiger charge is -2.28. The minimum Gasteiger partial charge on any atom is -0.377 e. The highest BCUT2D eigenvalue weighted by molar-refractivity contribution is 6.60. The van der Waals surface area contributed by atoms with Crippen LogP contribution in [0.5, 0.6) is 0 Å². The Balaban J connectivity index is 4.12. The average molecular weight is 250 g/mol. The maximum atomic E-state index is 5.66. The summed E-state index contributed by atoms with van der Waals surface area (Å²) in [6, 6.07) is 0. The van der Waals surface area contributed by atoms with Crippen molar-refractivity contribution in [3.05, 3.63) is 0 Å². The quantitative estimate of drug-likeness (QED) is 0.417. The molecule has 0 spiro atoms. The van der Waals surface area contributed by atoms with Crippen molar-refractivity contribution in [2.75, 3.05) is 32.7 Å². The molecule has 98 valence electrons. The molecule has 0 saturated heterocycles. The van der Waals surface area contributed by atoms with Crippen molar-refractivity contribution < 1.29 is 18.0 Å². The van der Waals surface area contributed by atoms with Crippen LogP contribution in [0.15, 0.2) is 0 Å². The van der Waals surface area contributed by atoms with Gasteiger partial charge in [0.05, 0.1) is 0 Å². The molecule has 0 bridgehead atoms. The second kappa shape index (κ2) is 10.2. The third-order valence-corrected chi connectivity index (χ3v) is 4.76. The summed E-state index contributed by atoms with van der Waals surface area (Å²) < 4.78 is 22.6. The minimum absolute atomic E-state index is 0.461. The average Bonchev–Trinajstić information content (AvgIpc) is 2.26. The normalized spacial score (nSPS) is 12.0. The molecule has 0 radical (unpaired) electrons. The van der Waals surface area contributed by atoms with Crippen LogP contribution in [0.1, 0.15) is 40.5 Å². The molecule has 0 unspecified atom stereocenters. The van der Waals surface area contributed by atoms with E-state index in [1.807, 2.05) is 20.8 Å². The molecule has 4 nitrogen and oxygen atoms in total. The highest BCUT2D eigenvalue weighted by Crippen LogP contribution is 2.11. The minimum atomic E-state index is -2.57. The lowest BCUT2D eigenvalue weighted by molar-refractivity contribution is 0.0297. The zero-order valence-corrected chi connectivity index (χ0v) is 12.1. The molecule has 0 aromatic rings. The number of hydrogen-bond acceptors (Lipinski definition) is 4. The molecule has 0 aliphatic carbocycles. The largest absolute Gasteiger partial charge is 0.528 e. The van der Waals surface area contributed by atoms with Gasteiger partial charge in [0.25, 0.3) is 0 Å². The Morgan fingerprint density at radius 1 is 0.812 bits per heavy atom. The van der Waals surface area contributed by atoms with Crippen LogP contribution in [0.3, 0.4) is 0 Å². The van der Waals surface area contributed by atoms with E-state index in [2.05, 4.69) is 6.92 Å². The molecule has 0 fully saturated rings. The van der Waals surface area contributed by atoms with Crippen LogP contribution >= 0.6 is 0 Å². The van der Waals surface area contributed by atoms with Crippen LogP contribution in [0.2, 0.25) is 0 Å². The van der Waals surface area contributed by atoms with E-state index in [0.29, 0.717) is 26.1 Å². The lowest BCUT2D eigenvalue weighted by atomic mass is 10.4. The van der Waals surface area contributed by atoms with E-state index in [-0.39, 0.29) is 0 Å². The number of hydrogen-bond donors (Lipinski definition) is 0. The van der Waals surface area contributed by atoms with Crippen molar-refractivity contribution in [2.45, 2.75) is 40.5 Å². The van der Waals surface area contributed by atoms with Gasteiger partial charge < -0.3 is 18.0 Å². The second-order valence-electron chi connectivity index (χ2n) is 3.39. The zero-order valence-electron chi connectivity index (χ0n) is 11.1. The molecule has 0 aromatic heterocycles. The molecule has 0 N–H and O–H groups in total. The highest BCUT2D eigenvalue weighted by atomic mass is 28.4. The van der Waals surface area contributed by atoms with Crippen molar-refractivity contribution >= 4 is 8.80 Å². The van der Waals surface area contributed by atoms with Gasteiger partial charge in [-0.15, -0.1) is 0 Å². The van der Waals surface area contributed by atoms with Crippen LogP contribution in [-0.4, -0.2) is 41.5 Å². The summed E-state index contributed by atoms with van der Waals surface area (Å²) in [5, 5.41) is 0. The first-order valence-corrected chi connectivity index (χ1v) is 8.17. The molecule has 16 heavy (non-hydrogen) atoms. The molecule has 0 aromatic carbocycles. The molecule has 0 aliphatic heterocycles. The fourth-order valence-corrected chi connectivity index (χ4v) is 3.57. The van der Waals surface area contributed by atoms with E-state index in [0.717, 1.165) is 19.4 Å². The summed E-state index contributed by atoms with van der Waals surface area (Å²) in [5.41, 5.74) is 0. The topological polar surface area (TPSA) is 36.9 Å². The van der Waals surface area contributed by atoms with Crippen molar-refractivity contribution in [3.63, 3.8) is 0 Å². The monoisotopic (exact) mass is 250 g/mol. The predicted octanol–water partition coefficient (Wildman–Crippen LogP) is 2.39. The number of rotatable bonds is 11. The summed E-state index contributed by atoms with van der Waals surface area (Å²) in [7, 11) is -2.57. The van der Waals surface area contributed by atoms with E-state index in [4.69, 9.17) is 18.0 Å². The fraction of sp³-hybridized carbons (Fsp3) is 1.00. The summed E-state index contributed by atoms with van der Waals surface area (Å²) in [6.45, 7) is 10.5. The molecule has 0 amide bonds. The van der Waals surface area contributed by atoms with Crippen molar-refractivity contribution in [1.82, 2.24) is 0 Å². The van der Waals surface area contributed by atoms with E-state index in [9.17, 15) is 0 Å². The van der Waals surface area contributed by atoms with Crippen molar-refractivity contribution in [2.24, 2.45) is 0 Å². The van der Waals surface area contributed by atoms with E-state index in [1.165, 1.54) is 0 Å². The van der Waals surface area contributed by atoms with Gasteiger partial charge in [-0.3, -0.25) is 0 Å². The van der Waals surface area contributed by atoms with Crippen LogP contribution < -0.4 is 0 Å². The standard InChI is InChI=1S/C11H26O4Si/c1-5-9-10-12-11-16(13-6-2,14-7-3)15-8-4/h5-11H2,1-4H3.